The summed E-state index contributed by atoms with van der Waals surface area (Å²) in [4.78, 5) is 38.0. The van der Waals surface area contributed by atoms with Gasteiger partial charge in [0.2, 0.25) is 0 Å². The van der Waals surface area contributed by atoms with Gasteiger partial charge in [0.15, 0.2) is 40.2 Å². The predicted octanol–water partition coefficient (Wildman–Crippen LogP) is 7.43. The molecule has 0 amide bonds. The van der Waals surface area contributed by atoms with Crippen LogP contribution in [0.15, 0.2) is 82.8 Å². The number of oxazole rings is 1. The summed E-state index contributed by atoms with van der Waals surface area (Å²) in [6, 6.07) is 13.4. The normalized spacial score (nSPS) is 13.4. The Kier molecular flexibility index (Phi) is 9.73. The second-order valence-electron chi connectivity index (χ2n) is 14.1. The molecular weight excluding hydrogens is 754 g/mol. The van der Waals surface area contributed by atoms with E-state index in [1.54, 1.807) is 35.3 Å². The third kappa shape index (κ3) is 6.75. The average Bonchev–Trinajstić information content (AvgIpc) is 4.01. The van der Waals surface area contributed by atoms with Gasteiger partial charge in [-0.15, -0.1) is 0 Å². The lowest BCUT2D eigenvalue weighted by atomic mass is 10.0. The predicted molar refractivity (Wildman–Crippen MR) is 206 cm³/mol. The van der Waals surface area contributed by atoms with Crippen molar-refractivity contribution in [3.05, 3.63) is 107 Å². The molecule has 290 valence electrons. The summed E-state index contributed by atoms with van der Waals surface area (Å²) in [6.45, 7) is 7.68. The van der Waals surface area contributed by atoms with Crippen molar-refractivity contribution in [3.8, 4) is 45.5 Å². The number of rotatable bonds is 13. The molecule has 0 radical (unpaired) electrons. The van der Waals surface area contributed by atoms with Gasteiger partial charge >= 0.3 is 0 Å². The number of carbonyl (C=O) groups excluding carboxylic acids is 2. The Bertz CT molecular complexity index is 2810. The van der Waals surface area contributed by atoms with Crippen LogP contribution < -0.4 is 9.47 Å². The number of carbonyl (C=O) groups is 2. The molecule has 8 rings (SSSR count). The Labute approximate surface area is 326 Å². The van der Waals surface area contributed by atoms with Crippen LogP contribution in [0.2, 0.25) is 0 Å². The Morgan fingerprint density at radius 3 is 2.35 bits per heavy atom. The van der Waals surface area contributed by atoms with E-state index in [1.807, 2.05) is 50.6 Å². The molecule has 0 N–H and O–H groups in total. The largest absolute Gasteiger partial charge is 0.488 e. The van der Waals surface area contributed by atoms with E-state index in [2.05, 4.69) is 10.1 Å². The summed E-state index contributed by atoms with van der Waals surface area (Å²) in [5.74, 6) is -0.0621. The van der Waals surface area contributed by atoms with Crippen LogP contribution in [-0.2, 0) is 29.5 Å². The van der Waals surface area contributed by atoms with E-state index >= 15 is 4.39 Å². The van der Waals surface area contributed by atoms with Gasteiger partial charge in [0.1, 0.15) is 41.5 Å². The number of aldehydes is 2. The van der Waals surface area contributed by atoms with Gasteiger partial charge in [-0.05, 0) is 82.1 Å². The van der Waals surface area contributed by atoms with Crippen LogP contribution in [-0.4, -0.2) is 61.3 Å². The number of benzene rings is 2. The number of nitrogens with zero attached hydrogens (tertiary/aromatic N) is 7. The summed E-state index contributed by atoms with van der Waals surface area (Å²) in [7, 11) is -3.43. The molecular formula is C41H36FN7O7S. The van der Waals surface area contributed by atoms with E-state index in [1.165, 1.54) is 18.5 Å². The maximum Gasteiger partial charge on any atom is 0.182 e. The zero-order valence-electron chi connectivity index (χ0n) is 31.3. The van der Waals surface area contributed by atoms with Crippen LogP contribution in [0.5, 0.6) is 11.5 Å². The van der Waals surface area contributed by atoms with Crippen LogP contribution in [0.3, 0.4) is 0 Å². The summed E-state index contributed by atoms with van der Waals surface area (Å²) >= 11 is 0. The zero-order chi connectivity index (χ0) is 40.0. The van der Waals surface area contributed by atoms with Gasteiger partial charge in [0.25, 0.3) is 0 Å². The maximum absolute atomic E-state index is 15.4. The van der Waals surface area contributed by atoms with Gasteiger partial charge in [-0.25, -0.2) is 17.8 Å². The van der Waals surface area contributed by atoms with E-state index in [0.29, 0.717) is 63.1 Å². The summed E-state index contributed by atoms with van der Waals surface area (Å²) in [5, 5.41) is 9.21. The Morgan fingerprint density at radius 2 is 1.60 bits per heavy atom. The number of hydrogen-bond donors (Lipinski definition) is 0. The number of pyridine rings is 2. The molecule has 0 aliphatic carbocycles. The van der Waals surface area contributed by atoms with Gasteiger partial charge in [-0.1, -0.05) is 6.07 Å². The van der Waals surface area contributed by atoms with Gasteiger partial charge < -0.3 is 13.9 Å². The standard InChI is InChI=1S/C41H36FN7O7S/c1-23(2)48-34(38-25(6-5-12-43-38)20-54-35-9-10-37-28(29(35)18-50)11-13-57(37,52)53)15-33(47-48)26-14-27(39(44-16-26)40-31(42)17-46-49(40)24(3)4)21-55-36-8-7-32-41(30(36)19-51)56-22-45-32/h5-10,12,14-19,22-24H,11,13,20-21H2,1-4H3. The van der Waals surface area contributed by atoms with Gasteiger partial charge in [-0.3, -0.25) is 28.9 Å². The Hall–Kier alpha value is -6.55. The third-order valence-electron chi connectivity index (χ3n) is 9.82. The summed E-state index contributed by atoms with van der Waals surface area (Å²) < 4.78 is 61.6. The van der Waals surface area contributed by atoms with Crippen molar-refractivity contribution in [1.82, 2.24) is 34.5 Å². The van der Waals surface area contributed by atoms with Crippen molar-refractivity contribution in [3.63, 3.8) is 0 Å². The van der Waals surface area contributed by atoms with Crippen molar-refractivity contribution in [2.75, 3.05) is 5.75 Å². The summed E-state index contributed by atoms with van der Waals surface area (Å²) in [6.07, 6.45) is 7.20. The topological polar surface area (TPSA) is 174 Å². The quantitative estimate of drug-likeness (QED) is 0.106. The molecule has 0 spiro atoms. The molecule has 0 saturated heterocycles. The number of sulfone groups is 1. The molecule has 0 atom stereocenters. The number of halogens is 1. The second-order valence-corrected chi connectivity index (χ2v) is 16.2. The van der Waals surface area contributed by atoms with Gasteiger partial charge in [-0.2, -0.15) is 10.2 Å². The lowest BCUT2D eigenvalue weighted by molar-refractivity contribution is 0.111. The van der Waals surface area contributed by atoms with Crippen LogP contribution in [0.1, 0.15) is 77.2 Å². The fourth-order valence-electron chi connectivity index (χ4n) is 7.07. The molecule has 0 bridgehead atoms. The highest BCUT2D eigenvalue weighted by atomic mass is 32.2. The van der Waals surface area contributed by atoms with E-state index < -0.39 is 15.7 Å². The molecule has 0 fully saturated rings. The van der Waals surface area contributed by atoms with Crippen molar-refractivity contribution in [2.45, 2.75) is 64.3 Å². The first kappa shape index (κ1) is 37.4. The molecule has 7 aromatic rings. The van der Waals surface area contributed by atoms with Crippen LogP contribution in [0.4, 0.5) is 4.39 Å². The minimum absolute atomic E-state index is 0.0314. The number of aromatic nitrogens is 7. The number of fused-ring (bicyclic) bond motifs is 2. The van der Waals surface area contributed by atoms with Crippen molar-refractivity contribution < 1.29 is 36.3 Å². The molecule has 57 heavy (non-hydrogen) atoms. The van der Waals surface area contributed by atoms with Crippen LogP contribution >= 0.6 is 0 Å². The molecule has 2 aromatic carbocycles. The highest BCUT2D eigenvalue weighted by Gasteiger charge is 2.30. The first-order valence-electron chi connectivity index (χ1n) is 18.2. The lowest BCUT2D eigenvalue weighted by Gasteiger charge is -2.16. The van der Waals surface area contributed by atoms with E-state index in [4.69, 9.17) is 29.0 Å². The first-order valence-corrected chi connectivity index (χ1v) is 19.8. The number of hydrogen-bond acceptors (Lipinski definition) is 12. The maximum atomic E-state index is 15.4. The first-order chi connectivity index (χ1) is 27.5. The SMILES string of the molecule is CC(C)n1nc(-c2cnc(-c3c(F)cnn3C(C)C)c(COc3ccc4ncoc4c3C=O)c2)cc1-c1ncccc1COc1ccc2c(c1C=O)CCS2(=O)=O. The van der Waals surface area contributed by atoms with E-state index in [-0.39, 0.29) is 76.3 Å². The van der Waals surface area contributed by atoms with E-state index in [9.17, 15) is 18.0 Å². The summed E-state index contributed by atoms with van der Waals surface area (Å²) in [5.41, 5.74) is 5.79. The molecule has 1 aliphatic heterocycles. The Morgan fingerprint density at radius 1 is 0.860 bits per heavy atom. The fraction of sp³-hybridized carbons (Fsp3) is 0.244. The zero-order valence-corrected chi connectivity index (χ0v) is 32.2. The fourth-order valence-corrected chi connectivity index (χ4v) is 8.63. The Balaban J connectivity index is 1.17. The van der Waals surface area contributed by atoms with Crippen LogP contribution in [0.25, 0.3) is 45.1 Å². The van der Waals surface area contributed by atoms with Gasteiger partial charge in [0.05, 0.1) is 45.2 Å². The molecule has 6 heterocycles. The number of ether oxygens (including phenoxy) is 2. The van der Waals surface area contributed by atoms with Crippen molar-refractivity contribution in [2.24, 2.45) is 0 Å². The molecule has 1 aliphatic rings. The highest BCUT2D eigenvalue weighted by molar-refractivity contribution is 7.91. The van der Waals surface area contributed by atoms with Crippen LogP contribution in [0, 0.1) is 5.82 Å². The smallest absolute Gasteiger partial charge is 0.182 e. The minimum Gasteiger partial charge on any atom is -0.488 e. The van der Waals surface area contributed by atoms with E-state index in [0.717, 1.165) is 6.20 Å². The molecule has 0 saturated carbocycles. The highest BCUT2D eigenvalue weighted by Crippen LogP contribution is 2.37. The third-order valence-corrected chi connectivity index (χ3v) is 11.6. The molecule has 16 heteroatoms. The lowest BCUT2D eigenvalue weighted by Crippen LogP contribution is -2.09. The minimum atomic E-state index is -3.43. The monoisotopic (exact) mass is 789 g/mol. The molecule has 0 unspecified atom stereocenters. The van der Waals surface area contributed by atoms with Gasteiger partial charge in [0, 0.05) is 41.2 Å². The second kappa shape index (κ2) is 14.8. The molecule has 5 aromatic heterocycles. The molecule has 14 nitrogen and oxygen atoms in total. The average molecular weight is 790 g/mol. The van der Waals surface area contributed by atoms with Crippen molar-refractivity contribution >= 4 is 33.5 Å². The van der Waals surface area contributed by atoms with Crippen molar-refractivity contribution in [1.29, 1.82) is 0 Å².